The Hall–Kier alpha value is -1.61. The summed E-state index contributed by atoms with van der Waals surface area (Å²) in [6.07, 6.45) is 5.60. The van der Waals surface area contributed by atoms with Gasteiger partial charge in [0.15, 0.2) is 0 Å². The number of fused-ring (bicyclic) bond motifs is 2. The van der Waals surface area contributed by atoms with E-state index in [9.17, 15) is 0 Å². The zero-order valence-electron chi connectivity index (χ0n) is 11.7. The summed E-state index contributed by atoms with van der Waals surface area (Å²) in [6.45, 7) is 2.28. The molecule has 1 saturated heterocycles. The van der Waals surface area contributed by atoms with E-state index in [2.05, 4.69) is 40.2 Å². The van der Waals surface area contributed by atoms with E-state index in [-0.39, 0.29) is 0 Å². The van der Waals surface area contributed by atoms with E-state index in [1.807, 2.05) is 6.20 Å². The Morgan fingerprint density at radius 1 is 1.05 bits per heavy atom. The number of nitrogens with zero attached hydrogens (tertiary/aromatic N) is 2. The van der Waals surface area contributed by atoms with Gasteiger partial charge in [-0.3, -0.25) is 0 Å². The van der Waals surface area contributed by atoms with E-state index in [1.165, 1.54) is 30.0 Å². The van der Waals surface area contributed by atoms with Crippen LogP contribution in [0.1, 0.15) is 19.3 Å². The van der Waals surface area contributed by atoms with Crippen LogP contribution in [0.5, 0.6) is 0 Å². The van der Waals surface area contributed by atoms with Crippen LogP contribution >= 0.6 is 0 Å². The number of hydrogen-bond acceptors (Lipinski definition) is 3. The van der Waals surface area contributed by atoms with Crippen molar-refractivity contribution in [2.45, 2.75) is 25.3 Å². The van der Waals surface area contributed by atoms with Gasteiger partial charge in [0.2, 0.25) is 0 Å². The van der Waals surface area contributed by atoms with E-state index in [0.717, 1.165) is 30.7 Å². The highest BCUT2D eigenvalue weighted by atomic mass is 15.2. The van der Waals surface area contributed by atoms with E-state index >= 15 is 0 Å². The first-order valence-corrected chi connectivity index (χ1v) is 7.65. The van der Waals surface area contributed by atoms with E-state index < -0.39 is 0 Å². The first-order chi connectivity index (χ1) is 9.81. The molecule has 0 amide bonds. The molecule has 104 valence electrons. The predicted octanol–water partition coefficient (Wildman–Crippen LogP) is 2.80. The second-order valence-electron chi connectivity index (χ2n) is 6.35. The molecule has 2 N–H and O–H groups in total. The van der Waals surface area contributed by atoms with Crippen molar-refractivity contribution < 1.29 is 0 Å². The van der Waals surface area contributed by atoms with Gasteiger partial charge in [-0.15, -0.1) is 0 Å². The second kappa shape index (κ2) is 4.74. The molecule has 0 radical (unpaired) electrons. The van der Waals surface area contributed by atoms with Gasteiger partial charge < -0.3 is 10.6 Å². The van der Waals surface area contributed by atoms with Gasteiger partial charge in [0, 0.05) is 30.7 Å². The largest absolute Gasteiger partial charge is 0.356 e. The number of benzene rings is 1. The first-order valence-electron chi connectivity index (χ1n) is 7.65. The number of anilines is 1. The van der Waals surface area contributed by atoms with Crippen LogP contribution in [0.15, 0.2) is 36.5 Å². The predicted molar refractivity (Wildman–Crippen MR) is 82.8 cm³/mol. The maximum Gasteiger partial charge on any atom is 0.136 e. The topological polar surface area (TPSA) is 42.1 Å². The van der Waals surface area contributed by atoms with E-state index in [4.69, 9.17) is 5.73 Å². The molecule has 1 saturated carbocycles. The fourth-order valence-electron chi connectivity index (χ4n) is 4.00. The average molecular weight is 267 g/mol. The van der Waals surface area contributed by atoms with Crippen molar-refractivity contribution in [3.8, 4) is 0 Å². The summed E-state index contributed by atoms with van der Waals surface area (Å²) in [5, 5.41) is 2.56. The van der Waals surface area contributed by atoms with Gasteiger partial charge in [-0.05, 0) is 42.6 Å². The molecule has 0 spiro atoms. The molecule has 3 atom stereocenters. The van der Waals surface area contributed by atoms with E-state index in [1.54, 1.807) is 0 Å². The summed E-state index contributed by atoms with van der Waals surface area (Å²) >= 11 is 0. The molecule has 20 heavy (non-hydrogen) atoms. The molecule has 1 aliphatic heterocycles. The second-order valence-corrected chi connectivity index (χ2v) is 6.35. The third-order valence-electron chi connectivity index (χ3n) is 5.04. The fourth-order valence-corrected chi connectivity index (χ4v) is 4.00. The number of aromatic nitrogens is 1. The van der Waals surface area contributed by atoms with Crippen LogP contribution in [0.25, 0.3) is 10.8 Å². The molecule has 0 bridgehead atoms. The third-order valence-corrected chi connectivity index (χ3v) is 5.04. The Kier molecular flexibility index (Phi) is 2.88. The molecule has 1 unspecified atom stereocenters. The molecule has 2 aromatic rings. The molecular weight excluding hydrogens is 246 g/mol. The van der Waals surface area contributed by atoms with Crippen molar-refractivity contribution >= 4 is 16.6 Å². The van der Waals surface area contributed by atoms with Gasteiger partial charge in [-0.2, -0.15) is 0 Å². The molecule has 1 aliphatic carbocycles. The standard InChI is InChI=1S/C17H21N3/c18-15-6-5-13-10-20(11-14(13)9-15)17-16-4-2-1-3-12(16)7-8-19-17/h1-4,7-8,13-15H,5-6,9-11,18H2/t13-,14+,15?/m1/s1. The maximum atomic E-state index is 6.13. The molecule has 1 aromatic heterocycles. The summed E-state index contributed by atoms with van der Waals surface area (Å²) in [6, 6.07) is 11.1. The Bertz CT molecular complexity index is 619. The zero-order chi connectivity index (χ0) is 13.5. The maximum absolute atomic E-state index is 6.13. The minimum Gasteiger partial charge on any atom is -0.356 e. The summed E-state index contributed by atoms with van der Waals surface area (Å²) < 4.78 is 0. The number of nitrogens with two attached hydrogens (primary N) is 1. The molecule has 1 aromatic carbocycles. The van der Waals surface area contributed by atoms with Crippen LogP contribution in [0.2, 0.25) is 0 Å². The van der Waals surface area contributed by atoms with Gasteiger partial charge in [-0.1, -0.05) is 24.3 Å². The molecule has 2 fully saturated rings. The Balaban J connectivity index is 1.67. The molecule has 3 heteroatoms. The Morgan fingerprint density at radius 2 is 1.90 bits per heavy atom. The highest BCUT2D eigenvalue weighted by molar-refractivity contribution is 5.92. The lowest BCUT2D eigenvalue weighted by Gasteiger charge is -2.27. The van der Waals surface area contributed by atoms with Gasteiger partial charge in [0.05, 0.1) is 0 Å². The smallest absolute Gasteiger partial charge is 0.136 e. The lowest BCUT2D eigenvalue weighted by atomic mass is 9.79. The Labute approximate surface area is 119 Å². The van der Waals surface area contributed by atoms with Crippen LogP contribution in [0.4, 0.5) is 5.82 Å². The van der Waals surface area contributed by atoms with E-state index in [0.29, 0.717) is 6.04 Å². The highest BCUT2D eigenvalue weighted by Gasteiger charge is 2.37. The van der Waals surface area contributed by atoms with Crippen LogP contribution in [-0.4, -0.2) is 24.1 Å². The van der Waals surface area contributed by atoms with Crippen LogP contribution in [-0.2, 0) is 0 Å². The van der Waals surface area contributed by atoms with Gasteiger partial charge in [0.25, 0.3) is 0 Å². The normalized spacial score (nSPS) is 29.6. The average Bonchev–Trinajstić information content (AvgIpc) is 2.89. The molecule has 3 nitrogen and oxygen atoms in total. The summed E-state index contributed by atoms with van der Waals surface area (Å²) in [5.41, 5.74) is 6.13. The van der Waals surface area contributed by atoms with Gasteiger partial charge >= 0.3 is 0 Å². The lowest BCUT2D eigenvalue weighted by molar-refractivity contribution is 0.271. The van der Waals surface area contributed by atoms with Crippen molar-refractivity contribution in [2.75, 3.05) is 18.0 Å². The van der Waals surface area contributed by atoms with Crippen molar-refractivity contribution in [3.05, 3.63) is 36.5 Å². The van der Waals surface area contributed by atoms with Crippen LogP contribution in [0, 0.1) is 11.8 Å². The zero-order valence-corrected chi connectivity index (χ0v) is 11.7. The van der Waals surface area contributed by atoms with Crippen molar-refractivity contribution in [1.29, 1.82) is 0 Å². The summed E-state index contributed by atoms with van der Waals surface area (Å²) in [7, 11) is 0. The fraction of sp³-hybridized carbons (Fsp3) is 0.471. The molecule has 2 aliphatic rings. The SMILES string of the molecule is NC1CC[C@@H]2CN(c3nccc4ccccc34)C[C@@H]2C1. The van der Waals surface area contributed by atoms with Crippen molar-refractivity contribution in [2.24, 2.45) is 17.6 Å². The highest BCUT2D eigenvalue weighted by Crippen LogP contribution is 2.38. The van der Waals surface area contributed by atoms with Gasteiger partial charge in [0.1, 0.15) is 5.82 Å². The molecule has 4 rings (SSSR count). The lowest BCUT2D eigenvalue weighted by Crippen LogP contribution is -2.32. The summed E-state index contributed by atoms with van der Waals surface area (Å²) in [4.78, 5) is 7.14. The van der Waals surface area contributed by atoms with Gasteiger partial charge in [-0.25, -0.2) is 4.98 Å². The molecule has 2 heterocycles. The van der Waals surface area contributed by atoms with Crippen LogP contribution in [0.3, 0.4) is 0 Å². The monoisotopic (exact) mass is 267 g/mol. The van der Waals surface area contributed by atoms with Crippen molar-refractivity contribution in [3.63, 3.8) is 0 Å². The number of hydrogen-bond donors (Lipinski definition) is 1. The Morgan fingerprint density at radius 3 is 2.85 bits per heavy atom. The quantitative estimate of drug-likeness (QED) is 0.864. The summed E-state index contributed by atoms with van der Waals surface area (Å²) in [5.74, 6) is 2.74. The minimum atomic E-state index is 0.414. The first kappa shape index (κ1) is 12.2. The number of pyridine rings is 1. The van der Waals surface area contributed by atoms with Crippen LogP contribution < -0.4 is 10.6 Å². The minimum absolute atomic E-state index is 0.414. The van der Waals surface area contributed by atoms with Crippen molar-refractivity contribution in [1.82, 2.24) is 4.98 Å². The number of rotatable bonds is 1. The molecular formula is C17H21N3. The third kappa shape index (κ3) is 1.97.